The highest BCUT2D eigenvalue weighted by Gasteiger charge is 2.34. The number of anilines is 1. The van der Waals surface area contributed by atoms with E-state index in [1.54, 1.807) is 49.1 Å². The molecular weight excluding hydrogens is 449 g/mol. The second kappa shape index (κ2) is 9.50. The van der Waals surface area contributed by atoms with E-state index >= 15 is 0 Å². The Labute approximate surface area is 201 Å². The number of aromatic nitrogens is 2. The molecule has 1 saturated heterocycles. The first-order valence-electron chi connectivity index (χ1n) is 11.1. The Morgan fingerprint density at radius 1 is 1.17 bits per heavy atom. The van der Waals surface area contributed by atoms with Crippen LogP contribution in [-0.2, 0) is 11.2 Å². The van der Waals surface area contributed by atoms with E-state index in [2.05, 4.69) is 10.2 Å². The van der Waals surface area contributed by atoms with Crippen molar-refractivity contribution in [1.82, 2.24) is 15.1 Å². The Kier molecular flexibility index (Phi) is 6.47. The van der Waals surface area contributed by atoms with Crippen molar-refractivity contribution >= 4 is 17.5 Å². The van der Waals surface area contributed by atoms with Crippen molar-refractivity contribution in [2.24, 2.45) is 0 Å². The van der Waals surface area contributed by atoms with Gasteiger partial charge in [0.1, 0.15) is 12.4 Å². The summed E-state index contributed by atoms with van der Waals surface area (Å²) in [6, 6.07) is 12.6. The van der Waals surface area contributed by atoms with Gasteiger partial charge in [-0.2, -0.15) is 10.4 Å². The summed E-state index contributed by atoms with van der Waals surface area (Å²) in [5.41, 5.74) is 3.33. The van der Waals surface area contributed by atoms with Crippen LogP contribution in [0.25, 0.3) is 0 Å². The van der Waals surface area contributed by atoms with Crippen molar-refractivity contribution in [3.8, 4) is 6.07 Å². The van der Waals surface area contributed by atoms with Crippen molar-refractivity contribution in [3.05, 3.63) is 92.1 Å². The molecule has 0 aliphatic carbocycles. The summed E-state index contributed by atoms with van der Waals surface area (Å²) >= 11 is 0. The summed E-state index contributed by atoms with van der Waals surface area (Å²) in [5.74, 6) is -1.52. The van der Waals surface area contributed by atoms with Crippen molar-refractivity contribution in [2.75, 3.05) is 18.0 Å². The van der Waals surface area contributed by atoms with Crippen LogP contribution in [0.1, 0.15) is 45.2 Å². The standard InChI is InChI=1S/C26H24FN5O3/c1-15-13-31(14-24(33)32(15)20-7-4-18(12-28)5-8-20)26(35)21-10-19(6-9-22(21)27)11-23-16(2)17(3)25(34)30-29-23/h4-10,15H,11,13-14H2,1-3H3,(H,30,34)/t15-/m1/s1. The van der Waals surface area contributed by atoms with Crippen LogP contribution in [0.2, 0.25) is 0 Å². The fourth-order valence-electron chi connectivity index (χ4n) is 4.25. The Hall–Kier alpha value is -4.32. The van der Waals surface area contributed by atoms with E-state index in [1.807, 2.05) is 13.0 Å². The van der Waals surface area contributed by atoms with Crippen LogP contribution in [0.15, 0.2) is 47.3 Å². The Morgan fingerprint density at radius 2 is 1.89 bits per heavy atom. The second-order valence-electron chi connectivity index (χ2n) is 8.70. The van der Waals surface area contributed by atoms with E-state index in [-0.39, 0.29) is 36.2 Å². The first-order chi connectivity index (χ1) is 16.7. The fourth-order valence-corrected chi connectivity index (χ4v) is 4.25. The molecule has 8 nitrogen and oxygen atoms in total. The molecule has 1 fully saturated rings. The average molecular weight is 474 g/mol. The minimum Gasteiger partial charge on any atom is -0.327 e. The number of halogens is 1. The van der Waals surface area contributed by atoms with E-state index in [1.165, 1.54) is 17.0 Å². The third-order valence-corrected chi connectivity index (χ3v) is 6.34. The molecule has 2 amide bonds. The summed E-state index contributed by atoms with van der Waals surface area (Å²) < 4.78 is 14.7. The van der Waals surface area contributed by atoms with Crippen LogP contribution in [0.5, 0.6) is 0 Å². The molecule has 2 aromatic carbocycles. The molecule has 3 aromatic rings. The monoisotopic (exact) mass is 473 g/mol. The zero-order valence-corrected chi connectivity index (χ0v) is 19.6. The van der Waals surface area contributed by atoms with Gasteiger partial charge in [-0.3, -0.25) is 14.4 Å². The number of hydrogen-bond donors (Lipinski definition) is 1. The zero-order valence-electron chi connectivity index (χ0n) is 19.6. The molecule has 1 aliphatic heterocycles. The largest absolute Gasteiger partial charge is 0.327 e. The predicted molar refractivity (Wildman–Crippen MR) is 128 cm³/mol. The van der Waals surface area contributed by atoms with Crippen molar-refractivity contribution in [2.45, 2.75) is 33.2 Å². The molecule has 1 N–H and O–H groups in total. The SMILES string of the molecule is Cc1c(Cc2ccc(F)c(C(=O)N3CC(=O)N(c4ccc(C#N)cc4)[C@H](C)C3)c2)n[nH]c(=O)c1C. The molecule has 1 aliphatic rings. The lowest BCUT2D eigenvalue weighted by atomic mass is 10.0. The Morgan fingerprint density at radius 3 is 2.54 bits per heavy atom. The maximum atomic E-state index is 14.7. The maximum absolute atomic E-state index is 14.7. The normalized spacial score (nSPS) is 15.7. The maximum Gasteiger partial charge on any atom is 0.267 e. The number of benzene rings is 2. The molecule has 0 bridgehead atoms. The lowest BCUT2D eigenvalue weighted by molar-refractivity contribution is -0.121. The highest BCUT2D eigenvalue weighted by molar-refractivity contribution is 6.02. The highest BCUT2D eigenvalue weighted by Crippen LogP contribution is 2.24. The first-order valence-corrected chi connectivity index (χ1v) is 11.1. The number of carbonyl (C=O) groups is 2. The van der Waals surface area contributed by atoms with Gasteiger partial charge in [-0.05, 0) is 68.3 Å². The van der Waals surface area contributed by atoms with Crippen LogP contribution in [-0.4, -0.2) is 46.0 Å². The highest BCUT2D eigenvalue weighted by atomic mass is 19.1. The van der Waals surface area contributed by atoms with Gasteiger partial charge in [0.05, 0.1) is 28.9 Å². The van der Waals surface area contributed by atoms with Crippen LogP contribution >= 0.6 is 0 Å². The van der Waals surface area contributed by atoms with E-state index < -0.39 is 11.7 Å². The van der Waals surface area contributed by atoms with Crippen molar-refractivity contribution < 1.29 is 14.0 Å². The topological polar surface area (TPSA) is 110 Å². The van der Waals surface area contributed by atoms with Gasteiger partial charge in [-0.15, -0.1) is 0 Å². The quantitative estimate of drug-likeness (QED) is 0.627. The number of nitriles is 1. The molecular formula is C26H24FN5O3. The van der Waals surface area contributed by atoms with Gasteiger partial charge in [0.15, 0.2) is 0 Å². The lowest BCUT2D eigenvalue weighted by Gasteiger charge is -2.39. The smallest absolute Gasteiger partial charge is 0.267 e. The molecule has 178 valence electrons. The lowest BCUT2D eigenvalue weighted by Crippen LogP contribution is -2.57. The average Bonchev–Trinajstić information content (AvgIpc) is 2.85. The third-order valence-electron chi connectivity index (χ3n) is 6.34. The second-order valence-corrected chi connectivity index (χ2v) is 8.70. The summed E-state index contributed by atoms with van der Waals surface area (Å²) in [4.78, 5) is 40.8. The molecule has 9 heteroatoms. The number of piperazine rings is 1. The van der Waals surface area contributed by atoms with E-state index in [9.17, 15) is 18.8 Å². The van der Waals surface area contributed by atoms with Crippen molar-refractivity contribution in [1.29, 1.82) is 5.26 Å². The fraction of sp³-hybridized carbons (Fsp3) is 0.269. The molecule has 2 heterocycles. The minimum atomic E-state index is -0.671. The summed E-state index contributed by atoms with van der Waals surface area (Å²) in [6.45, 7) is 5.35. The van der Waals surface area contributed by atoms with Crippen LogP contribution < -0.4 is 10.5 Å². The number of nitrogens with zero attached hydrogens (tertiary/aromatic N) is 4. The first kappa shape index (κ1) is 23.8. The van der Waals surface area contributed by atoms with Gasteiger partial charge in [-0.25, -0.2) is 9.49 Å². The Balaban J connectivity index is 1.55. The molecule has 0 unspecified atom stereocenters. The van der Waals surface area contributed by atoms with Crippen LogP contribution in [0.4, 0.5) is 10.1 Å². The van der Waals surface area contributed by atoms with Crippen LogP contribution in [0.3, 0.4) is 0 Å². The Bertz CT molecular complexity index is 1410. The molecule has 1 atom stereocenters. The van der Waals surface area contributed by atoms with Crippen LogP contribution in [0, 0.1) is 31.0 Å². The number of amides is 2. The molecule has 0 saturated carbocycles. The van der Waals surface area contributed by atoms with Gasteiger partial charge in [0.25, 0.3) is 11.5 Å². The van der Waals surface area contributed by atoms with E-state index in [0.717, 1.165) is 5.56 Å². The minimum absolute atomic E-state index is 0.117. The predicted octanol–water partition coefficient (Wildman–Crippen LogP) is 2.87. The molecule has 0 radical (unpaired) electrons. The van der Waals surface area contributed by atoms with Gasteiger partial charge in [0.2, 0.25) is 5.91 Å². The van der Waals surface area contributed by atoms with Gasteiger partial charge in [0, 0.05) is 24.2 Å². The number of rotatable bonds is 4. The van der Waals surface area contributed by atoms with Crippen molar-refractivity contribution in [3.63, 3.8) is 0 Å². The van der Waals surface area contributed by atoms with E-state index in [4.69, 9.17) is 5.26 Å². The van der Waals surface area contributed by atoms with E-state index in [0.29, 0.717) is 34.5 Å². The number of aromatic amines is 1. The summed E-state index contributed by atoms with van der Waals surface area (Å²) in [7, 11) is 0. The van der Waals surface area contributed by atoms with Gasteiger partial charge >= 0.3 is 0 Å². The number of nitrogens with one attached hydrogen (secondary N) is 1. The zero-order chi connectivity index (χ0) is 25.3. The van der Waals surface area contributed by atoms with Gasteiger partial charge in [-0.1, -0.05) is 6.07 Å². The molecule has 0 spiro atoms. The summed E-state index contributed by atoms with van der Waals surface area (Å²) in [5, 5.41) is 15.5. The number of H-pyrrole nitrogens is 1. The third kappa shape index (κ3) is 4.68. The molecule has 1 aromatic heterocycles. The summed E-state index contributed by atoms with van der Waals surface area (Å²) in [6.07, 6.45) is 0.311. The molecule has 35 heavy (non-hydrogen) atoms. The van der Waals surface area contributed by atoms with Gasteiger partial charge < -0.3 is 9.80 Å². The number of hydrogen-bond acceptors (Lipinski definition) is 5. The molecule has 4 rings (SSSR count). The number of carbonyl (C=O) groups excluding carboxylic acids is 2.